The fraction of sp³-hybridized carbons (Fsp3) is 0.880. The maximum Gasteiger partial charge on any atom is 0.306 e. The number of unbranched alkanes of at least 4 members (excludes halogenated alkanes) is 30. The van der Waals surface area contributed by atoms with Crippen molar-refractivity contribution in [3.05, 3.63) is 24.3 Å². The summed E-state index contributed by atoms with van der Waals surface area (Å²) in [5.74, 6) is -0.596. The first kappa shape index (κ1) is 54.3. The smallest absolute Gasteiger partial charge is 0.306 e. The Morgan fingerprint density at radius 3 is 1.39 bits per heavy atom. The van der Waals surface area contributed by atoms with Gasteiger partial charge in [0.25, 0.3) is 0 Å². The monoisotopic (exact) mass is 790 g/mol. The summed E-state index contributed by atoms with van der Waals surface area (Å²) >= 11 is 0. The van der Waals surface area contributed by atoms with E-state index in [4.69, 9.17) is 4.74 Å². The highest BCUT2D eigenvalue weighted by Crippen LogP contribution is 2.16. The molecule has 0 aromatic rings. The zero-order valence-electron chi connectivity index (χ0n) is 37.5. The lowest BCUT2D eigenvalue weighted by molar-refractivity contribution is -0.148. The van der Waals surface area contributed by atoms with E-state index < -0.39 is 18.2 Å². The van der Waals surface area contributed by atoms with Crippen LogP contribution in [0.3, 0.4) is 0 Å². The normalized spacial score (nSPS) is 13.4. The number of hydrogen-bond acceptors (Lipinski definition) is 5. The van der Waals surface area contributed by atoms with Crippen molar-refractivity contribution in [2.24, 2.45) is 0 Å². The molecule has 0 saturated carbocycles. The summed E-state index contributed by atoms with van der Waals surface area (Å²) in [4.78, 5) is 25.9. The standard InChI is InChI=1S/C50H95NO5/c1-4-7-10-13-16-19-21-22-23-24-25-26-28-31-33-36-39-42-48(53)47(45-52)51-49(54)44-46(41-38-35-32-30-27-20-17-14-11-8-5-2)56-50(55)43-40-37-34-29-18-15-12-9-6-3/h30,32,38,41,46-48,52-53H,4-29,31,33-37,39-40,42-45H2,1-3H3,(H,51,54)/b32-30-,41-38+. The van der Waals surface area contributed by atoms with Gasteiger partial charge in [0.05, 0.1) is 25.2 Å². The average Bonchev–Trinajstić information content (AvgIpc) is 3.19. The molecule has 0 bridgehead atoms. The van der Waals surface area contributed by atoms with Crippen LogP contribution in [-0.4, -0.2) is 46.9 Å². The molecule has 1 amide bonds. The summed E-state index contributed by atoms with van der Waals surface area (Å²) < 4.78 is 5.79. The van der Waals surface area contributed by atoms with E-state index in [0.717, 1.165) is 51.4 Å². The second kappa shape index (κ2) is 44.4. The lowest BCUT2D eigenvalue weighted by atomic mass is 10.0. The molecule has 56 heavy (non-hydrogen) atoms. The fourth-order valence-corrected chi connectivity index (χ4v) is 7.51. The van der Waals surface area contributed by atoms with Gasteiger partial charge in [0.2, 0.25) is 5.91 Å². The highest BCUT2D eigenvalue weighted by molar-refractivity contribution is 5.78. The third-order valence-corrected chi connectivity index (χ3v) is 11.3. The van der Waals surface area contributed by atoms with Crippen LogP contribution in [0.15, 0.2) is 24.3 Å². The summed E-state index contributed by atoms with van der Waals surface area (Å²) in [7, 11) is 0. The highest BCUT2D eigenvalue weighted by Gasteiger charge is 2.23. The number of esters is 1. The van der Waals surface area contributed by atoms with E-state index in [1.54, 1.807) is 0 Å². The number of rotatable bonds is 44. The van der Waals surface area contributed by atoms with Crippen molar-refractivity contribution in [2.75, 3.05) is 6.61 Å². The summed E-state index contributed by atoms with van der Waals surface area (Å²) in [6, 6.07) is -0.726. The Morgan fingerprint density at radius 1 is 0.536 bits per heavy atom. The van der Waals surface area contributed by atoms with Gasteiger partial charge in [-0.15, -0.1) is 0 Å². The van der Waals surface area contributed by atoms with Gasteiger partial charge in [-0.2, -0.15) is 0 Å². The molecule has 0 aromatic heterocycles. The highest BCUT2D eigenvalue weighted by atomic mass is 16.5. The Morgan fingerprint density at radius 2 is 0.946 bits per heavy atom. The SMILES string of the molecule is CCCCCCCC/C=C\C/C=C/C(CC(=O)NC(CO)C(O)CCCCCCCCCCCCCCCCCCC)OC(=O)CCCCCCCCCCC. The van der Waals surface area contributed by atoms with E-state index in [1.165, 1.54) is 167 Å². The molecule has 0 rings (SSSR count). The largest absolute Gasteiger partial charge is 0.458 e. The predicted molar refractivity (Wildman–Crippen MR) is 241 cm³/mol. The zero-order chi connectivity index (χ0) is 41.0. The van der Waals surface area contributed by atoms with Crippen molar-refractivity contribution >= 4 is 11.9 Å². The Kier molecular flexibility index (Phi) is 43.1. The average molecular weight is 790 g/mol. The third kappa shape index (κ3) is 39.2. The van der Waals surface area contributed by atoms with E-state index in [2.05, 4.69) is 38.2 Å². The molecule has 0 aromatic carbocycles. The van der Waals surface area contributed by atoms with Gasteiger partial charge in [0.1, 0.15) is 6.10 Å². The van der Waals surface area contributed by atoms with Crippen LogP contribution in [0.2, 0.25) is 0 Å². The van der Waals surface area contributed by atoms with Crippen LogP contribution < -0.4 is 5.32 Å². The number of hydrogen-bond donors (Lipinski definition) is 3. The van der Waals surface area contributed by atoms with E-state index in [1.807, 2.05) is 12.2 Å². The van der Waals surface area contributed by atoms with E-state index in [0.29, 0.717) is 12.8 Å². The Hall–Kier alpha value is -1.66. The Balaban J connectivity index is 4.50. The van der Waals surface area contributed by atoms with Gasteiger partial charge in [0.15, 0.2) is 0 Å². The van der Waals surface area contributed by atoms with Crippen LogP contribution in [0.1, 0.15) is 258 Å². The summed E-state index contributed by atoms with van der Waals surface area (Å²) in [5.41, 5.74) is 0. The molecule has 0 saturated heterocycles. The van der Waals surface area contributed by atoms with Crippen molar-refractivity contribution in [3.63, 3.8) is 0 Å². The number of carbonyl (C=O) groups excluding carboxylic acids is 2. The van der Waals surface area contributed by atoms with Crippen molar-refractivity contribution in [3.8, 4) is 0 Å². The molecule has 0 spiro atoms. The summed E-state index contributed by atoms with van der Waals surface area (Å²) in [5, 5.41) is 23.7. The minimum Gasteiger partial charge on any atom is -0.458 e. The number of amides is 1. The number of allylic oxidation sites excluding steroid dienone is 3. The quantitative estimate of drug-likeness (QED) is 0.0324. The number of carbonyl (C=O) groups is 2. The van der Waals surface area contributed by atoms with Gasteiger partial charge in [-0.05, 0) is 38.2 Å². The van der Waals surface area contributed by atoms with Crippen LogP contribution in [0.25, 0.3) is 0 Å². The van der Waals surface area contributed by atoms with E-state index >= 15 is 0 Å². The van der Waals surface area contributed by atoms with Crippen molar-refractivity contribution in [2.45, 2.75) is 277 Å². The molecule has 0 radical (unpaired) electrons. The minimum absolute atomic E-state index is 0.0240. The molecule has 0 aliphatic heterocycles. The predicted octanol–water partition coefficient (Wildman–Crippen LogP) is 14.3. The van der Waals surface area contributed by atoms with Gasteiger partial charge in [-0.25, -0.2) is 0 Å². The van der Waals surface area contributed by atoms with E-state index in [9.17, 15) is 19.8 Å². The molecule has 6 nitrogen and oxygen atoms in total. The number of nitrogens with one attached hydrogen (secondary N) is 1. The van der Waals surface area contributed by atoms with Gasteiger partial charge in [-0.1, -0.05) is 232 Å². The van der Waals surface area contributed by atoms with Crippen molar-refractivity contribution < 1.29 is 24.5 Å². The topological polar surface area (TPSA) is 95.9 Å². The van der Waals surface area contributed by atoms with Crippen molar-refractivity contribution in [1.29, 1.82) is 0 Å². The lowest BCUT2D eigenvalue weighted by Crippen LogP contribution is -2.46. The molecular weight excluding hydrogens is 695 g/mol. The molecule has 0 aliphatic rings. The molecule has 3 unspecified atom stereocenters. The molecule has 330 valence electrons. The molecule has 0 aliphatic carbocycles. The van der Waals surface area contributed by atoms with Crippen LogP contribution >= 0.6 is 0 Å². The van der Waals surface area contributed by atoms with Crippen LogP contribution in [0.5, 0.6) is 0 Å². The van der Waals surface area contributed by atoms with Crippen LogP contribution in [0, 0.1) is 0 Å². The first-order chi connectivity index (χ1) is 27.5. The van der Waals surface area contributed by atoms with Crippen LogP contribution in [0.4, 0.5) is 0 Å². The lowest BCUT2D eigenvalue weighted by Gasteiger charge is -2.23. The molecule has 3 N–H and O–H groups in total. The van der Waals surface area contributed by atoms with Gasteiger partial charge < -0.3 is 20.3 Å². The first-order valence-electron chi connectivity index (χ1n) is 24.6. The first-order valence-corrected chi connectivity index (χ1v) is 24.6. The minimum atomic E-state index is -0.805. The molecule has 0 fully saturated rings. The second-order valence-electron chi connectivity index (χ2n) is 16.9. The zero-order valence-corrected chi connectivity index (χ0v) is 37.5. The maximum absolute atomic E-state index is 13.1. The van der Waals surface area contributed by atoms with Crippen molar-refractivity contribution in [1.82, 2.24) is 5.32 Å². The van der Waals surface area contributed by atoms with Gasteiger partial charge in [0, 0.05) is 6.42 Å². The molecule has 3 atom stereocenters. The Labute approximate surface area is 348 Å². The second-order valence-corrected chi connectivity index (χ2v) is 16.9. The maximum atomic E-state index is 13.1. The number of aliphatic hydroxyl groups is 2. The summed E-state index contributed by atoms with van der Waals surface area (Å²) in [6.07, 6.45) is 49.9. The number of ether oxygens (including phenoxy) is 1. The molecule has 6 heteroatoms. The number of aliphatic hydroxyl groups excluding tert-OH is 2. The van der Waals surface area contributed by atoms with Gasteiger partial charge >= 0.3 is 5.97 Å². The Bertz CT molecular complexity index is 889. The summed E-state index contributed by atoms with van der Waals surface area (Å²) in [6.45, 7) is 6.43. The van der Waals surface area contributed by atoms with E-state index in [-0.39, 0.29) is 24.9 Å². The molecular formula is C50H95NO5. The molecule has 0 heterocycles. The van der Waals surface area contributed by atoms with Crippen LogP contribution in [-0.2, 0) is 14.3 Å². The third-order valence-electron chi connectivity index (χ3n) is 11.3. The van der Waals surface area contributed by atoms with Gasteiger partial charge in [-0.3, -0.25) is 9.59 Å². The fourth-order valence-electron chi connectivity index (χ4n) is 7.51.